The van der Waals surface area contributed by atoms with Crippen LogP contribution >= 0.6 is 11.5 Å². The van der Waals surface area contributed by atoms with Gasteiger partial charge in [-0.05, 0) is 61.8 Å². The van der Waals surface area contributed by atoms with Crippen molar-refractivity contribution in [3.8, 4) is 5.75 Å². The summed E-state index contributed by atoms with van der Waals surface area (Å²) in [4.78, 5) is 51.8. The van der Waals surface area contributed by atoms with Crippen molar-refractivity contribution >= 4 is 46.6 Å². The Morgan fingerprint density at radius 2 is 1.86 bits per heavy atom. The van der Waals surface area contributed by atoms with Crippen molar-refractivity contribution in [2.75, 3.05) is 30.9 Å². The van der Waals surface area contributed by atoms with E-state index >= 15 is 0 Å². The quantitative estimate of drug-likeness (QED) is 0.339. The van der Waals surface area contributed by atoms with Gasteiger partial charge >= 0.3 is 5.97 Å². The molecule has 0 fully saturated rings. The SMILES string of the molecule is CCOC(=O)CNC(=O)[C@@H](c1ccc(C)o1)N(C(=O)c1snc(C(N)=O)c1N)c1ccc(OC)cc1. The number of esters is 1. The molecule has 0 aliphatic carbocycles. The van der Waals surface area contributed by atoms with Gasteiger partial charge in [-0.25, -0.2) is 0 Å². The maximum absolute atomic E-state index is 13.8. The third-order valence-corrected chi connectivity index (χ3v) is 5.83. The first-order chi connectivity index (χ1) is 17.2. The van der Waals surface area contributed by atoms with Gasteiger partial charge < -0.3 is 30.7 Å². The lowest BCUT2D eigenvalue weighted by molar-refractivity contribution is -0.143. The monoisotopic (exact) mass is 515 g/mol. The fraction of sp³-hybridized carbons (Fsp3) is 0.261. The van der Waals surface area contributed by atoms with Crippen molar-refractivity contribution in [2.45, 2.75) is 19.9 Å². The summed E-state index contributed by atoms with van der Waals surface area (Å²) in [6, 6.07) is 8.12. The molecular weight excluding hydrogens is 490 g/mol. The number of aryl methyl sites for hydroxylation is 1. The number of carbonyl (C=O) groups is 4. The van der Waals surface area contributed by atoms with Gasteiger partial charge in [0.25, 0.3) is 17.7 Å². The number of benzene rings is 1. The number of nitrogens with two attached hydrogens (primary N) is 2. The van der Waals surface area contributed by atoms with Gasteiger partial charge in [0, 0.05) is 5.69 Å². The maximum Gasteiger partial charge on any atom is 0.325 e. The molecular formula is C23H25N5O7S. The summed E-state index contributed by atoms with van der Waals surface area (Å²) in [6.07, 6.45) is 0. The van der Waals surface area contributed by atoms with E-state index in [1.807, 2.05) is 0 Å². The lowest BCUT2D eigenvalue weighted by Gasteiger charge is -2.29. The zero-order chi connectivity index (χ0) is 26.4. The second-order valence-corrected chi connectivity index (χ2v) is 8.16. The molecule has 0 radical (unpaired) electrons. The van der Waals surface area contributed by atoms with Gasteiger partial charge in [-0.15, -0.1) is 0 Å². The molecule has 12 nitrogen and oxygen atoms in total. The van der Waals surface area contributed by atoms with Crippen LogP contribution in [0, 0.1) is 6.92 Å². The second kappa shape index (κ2) is 11.4. The Morgan fingerprint density at radius 1 is 1.17 bits per heavy atom. The van der Waals surface area contributed by atoms with Crippen LogP contribution in [0.4, 0.5) is 11.4 Å². The highest BCUT2D eigenvalue weighted by atomic mass is 32.1. The molecule has 36 heavy (non-hydrogen) atoms. The Morgan fingerprint density at radius 3 is 2.39 bits per heavy atom. The summed E-state index contributed by atoms with van der Waals surface area (Å²) in [6.45, 7) is 3.02. The number of amides is 3. The highest BCUT2D eigenvalue weighted by Crippen LogP contribution is 2.34. The molecule has 3 aromatic rings. The average Bonchev–Trinajstić information content (AvgIpc) is 3.46. The summed E-state index contributed by atoms with van der Waals surface area (Å²) < 4.78 is 19.7. The van der Waals surface area contributed by atoms with Crippen molar-refractivity contribution in [3.05, 3.63) is 58.5 Å². The fourth-order valence-corrected chi connectivity index (χ4v) is 4.05. The highest BCUT2D eigenvalue weighted by Gasteiger charge is 2.38. The number of carbonyl (C=O) groups excluding carboxylic acids is 4. The molecule has 3 rings (SSSR count). The predicted molar refractivity (Wildman–Crippen MR) is 131 cm³/mol. The first-order valence-electron chi connectivity index (χ1n) is 10.7. The molecule has 13 heteroatoms. The summed E-state index contributed by atoms with van der Waals surface area (Å²) in [5.41, 5.74) is 11.1. The first-order valence-corrected chi connectivity index (χ1v) is 11.5. The summed E-state index contributed by atoms with van der Waals surface area (Å²) in [5.74, 6) is -1.89. The van der Waals surface area contributed by atoms with E-state index in [1.54, 1.807) is 50.2 Å². The van der Waals surface area contributed by atoms with Crippen LogP contribution in [0.1, 0.15) is 44.6 Å². The maximum atomic E-state index is 13.8. The molecule has 0 saturated heterocycles. The molecule has 2 heterocycles. The molecule has 0 spiro atoms. The average molecular weight is 516 g/mol. The third kappa shape index (κ3) is 5.63. The number of nitrogen functional groups attached to an aromatic ring is 1. The number of aromatic nitrogens is 1. The van der Waals surface area contributed by atoms with Crippen molar-refractivity contribution in [1.29, 1.82) is 0 Å². The summed E-state index contributed by atoms with van der Waals surface area (Å²) in [5, 5.41) is 2.48. The van der Waals surface area contributed by atoms with Crippen LogP contribution < -0.4 is 26.4 Å². The standard InChI is InChI=1S/C23H25N5O7S/c1-4-34-16(29)11-26-22(31)19(15-10-5-12(2)35-15)28(13-6-8-14(33-3)9-7-13)23(32)20-17(24)18(21(25)30)27-36-20/h5-10,19H,4,11,24H2,1-3H3,(H2,25,30)(H,26,31)/t19-/m1/s1. The van der Waals surface area contributed by atoms with Crippen molar-refractivity contribution in [3.63, 3.8) is 0 Å². The third-order valence-electron chi connectivity index (χ3n) is 4.97. The van der Waals surface area contributed by atoms with Gasteiger partial charge in [0.2, 0.25) is 0 Å². The first kappa shape index (κ1) is 26.2. The number of furan rings is 1. The lowest BCUT2D eigenvalue weighted by Crippen LogP contribution is -2.45. The van der Waals surface area contributed by atoms with Crippen LogP contribution in [-0.2, 0) is 14.3 Å². The minimum absolute atomic E-state index is 0.105. The number of methoxy groups -OCH3 is 1. The number of primary amides is 1. The summed E-state index contributed by atoms with van der Waals surface area (Å²) in [7, 11) is 1.48. The van der Waals surface area contributed by atoms with E-state index in [0.717, 1.165) is 4.90 Å². The number of ether oxygens (including phenoxy) is 2. The Hall–Kier alpha value is -4.39. The van der Waals surface area contributed by atoms with Crippen LogP contribution in [0.25, 0.3) is 0 Å². The lowest BCUT2D eigenvalue weighted by atomic mass is 10.1. The Bertz CT molecular complexity index is 1270. The Kier molecular flexibility index (Phi) is 8.27. The minimum atomic E-state index is -1.37. The largest absolute Gasteiger partial charge is 0.497 e. The molecule has 190 valence electrons. The number of hydrogen-bond donors (Lipinski definition) is 3. The van der Waals surface area contributed by atoms with Crippen molar-refractivity contribution in [2.24, 2.45) is 5.73 Å². The number of nitrogens with one attached hydrogen (secondary N) is 1. The number of anilines is 2. The fourth-order valence-electron chi connectivity index (χ4n) is 3.31. The summed E-state index contributed by atoms with van der Waals surface area (Å²) >= 11 is 0.669. The van der Waals surface area contributed by atoms with Gasteiger partial charge in [0.15, 0.2) is 11.7 Å². The van der Waals surface area contributed by atoms with Gasteiger partial charge in [-0.3, -0.25) is 24.1 Å². The Labute approximate surface area is 210 Å². The van der Waals surface area contributed by atoms with Crippen LogP contribution in [-0.4, -0.2) is 48.3 Å². The molecule has 0 unspecified atom stereocenters. The molecule has 0 aliphatic heterocycles. The van der Waals surface area contributed by atoms with Gasteiger partial charge in [-0.1, -0.05) is 0 Å². The molecule has 5 N–H and O–H groups in total. The molecule has 1 atom stereocenters. The van der Waals surface area contributed by atoms with Crippen LogP contribution in [0.5, 0.6) is 5.75 Å². The van der Waals surface area contributed by atoms with Gasteiger partial charge in [0.05, 0.1) is 19.4 Å². The smallest absolute Gasteiger partial charge is 0.325 e. The zero-order valence-electron chi connectivity index (χ0n) is 19.8. The zero-order valence-corrected chi connectivity index (χ0v) is 20.6. The number of hydrogen-bond acceptors (Lipinski definition) is 10. The van der Waals surface area contributed by atoms with E-state index < -0.39 is 36.3 Å². The van der Waals surface area contributed by atoms with E-state index in [-0.39, 0.29) is 34.3 Å². The van der Waals surface area contributed by atoms with Gasteiger partial charge in [0.1, 0.15) is 28.7 Å². The molecule has 0 bridgehead atoms. The van der Waals surface area contributed by atoms with E-state index in [1.165, 1.54) is 7.11 Å². The van der Waals surface area contributed by atoms with Gasteiger partial charge in [-0.2, -0.15) is 4.37 Å². The van der Waals surface area contributed by atoms with E-state index in [2.05, 4.69) is 9.69 Å². The van der Waals surface area contributed by atoms with Crippen LogP contribution in [0.2, 0.25) is 0 Å². The Balaban J connectivity index is 2.13. The molecule has 2 aromatic heterocycles. The van der Waals surface area contributed by atoms with Crippen molar-refractivity contribution in [1.82, 2.24) is 9.69 Å². The predicted octanol–water partition coefficient (Wildman–Crippen LogP) is 1.80. The van der Waals surface area contributed by atoms with Crippen LogP contribution in [0.15, 0.2) is 40.8 Å². The van der Waals surface area contributed by atoms with E-state index in [4.69, 9.17) is 25.4 Å². The van der Waals surface area contributed by atoms with E-state index in [0.29, 0.717) is 23.0 Å². The van der Waals surface area contributed by atoms with Crippen LogP contribution in [0.3, 0.4) is 0 Å². The highest BCUT2D eigenvalue weighted by molar-refractivity contribution is 7.09. The molecule has 0 aliphatic rings. The topological polar surface area (TPSA) is 180 Å². The van der Waals surface area contributed by atoms with Crippen molar-refractivity contribution < 1.29 is 33.1 Å². The number of nitrogens with zero attached hydrogens (tertiary/aromatic N) is 2. The molecule has 1 aromatic carbocycles. The second-order valence-electron chi connectivity index (χ2n) is 7.39. The van der Waals surface area contributed by atoms with E-state index in [9.17, 15) is 19.2 Å². The number of rotatable bonds is 10. The molecule has 0 saturated carbocycles. The molecule has 3 amide bonds. The minimum Gasteiger partial charge on any atom is -0.497 e. The normalized spacial score (nSPS) is 11.4.